The van der Waals surface area contributed by atoms with Crippen molar-refractivity contribution in [2.45, 2.75) is 6.04 Å². The highest BCUT2D eigenvalue weighted by atomic mass is 32.2. The quantitative estimate of drug-likeness (QED) is 0.670. The molecule has 8 heteroatoms. The van der Waals surface area contributed by atoms with Crippen LogP contribution in [0.3, 0.4) is 0 Å². The largest absolute Gasteiger partial charge is 0.339 e. The number of piperazine rings is 1. The van der Waals surface area contributed by atoms with Gasteiger partial charge in [0, 0.05) is 47.3 Å². The van der Waals surface area contributed by atoms with Gasteiger partial charge in [0.05, 0.1) is 12.6 Å². The first-order valence-electron chi connectivity index (χ1n) is 10.1. The van der Waals surface area contributed by atoms with Gasteiger partial charge >= 0.3 is 0 Å². The second kappa shape index (κ2) is 9.70. The van der Waals surface area contributed by atoms with Gasteiger partial charge in [-0.15, -0.1) is 0 Å². The molecule has 0 saturated carbocycles. The number of benzene rings is 2. The SMILES string of the molecule is CN(C)S(=O)(=O)N(C)CC(=O)N1CCN(C(c2ccccc2)c2ccccc2)CC1. The summed E-state index contributed by atoms with van der Waals surface area (Å²) in [7, 11) is 0.758. The zero-order valence-corrected chi connectivity index (χ0v) is 18.6. The lowest BCUT2D eigenvalue weighted by molar-refractivity contribution is -0.133. The summed E-state index contributed by atoms with van der Waals surface area (Å²) in [6, 6.07) is 20.9. The zero-order valence-electron chi connectivity index (χ0n) is 17.8. The summed E-state index contributed by atoms with van der Waals surface area (Å²) in [5.41, 5.74) is 2.44. The lowest BCUT2D eigenvalue weighted by atomic mass is 9.96. The Balaban J connectivity index is 1.68. The Morgan fingerprint density at radius 2 is 1.33 bits per heavy atom. The topological polar surface area (TPSA) is 64.2 Å². The van der Waals surface area contributed by atoms with Crippen LogP contribution in [-0.2, 0) is 15.0 Å². The predicted octanol–water partition coefficient (Wildman–Crippen LogP) is 1.66. The van der Waals surface area contributed by atoms with E-state index in [0.717, 1.165) is 21.7 Å². The van der Waals surface area contributed by atoms with Gasteiger partial charge in [0.1, 0.15) is 0 Å². The van der Waals surface area contributed by atoms with Crippen LogP contribution < -0.4 is 0 Å². The highest BCUT2D eigenvalue weighted by Crippen LogP contribution is 2.29. The van der Waals surface area contributed by atoms with Crippen molar-refractivity contribution in [1.82, 2.24) is 18.4 Å². The second-order valence-electron chi connectivity index (χ2n) is 7.69. The van der Waals surface area contributed by atoms with Crippen LogP contribution >= 0.6 is 0 Å². The number of nitrogens with zero attached hydrogens (tertiary/aromatic N) is 4. The first kappa shape index (κ1) is 22.4. The summed E-state index contributed by atoms with van der Waals surface area (Å²) >= 11 is 0. The summed E-state index contributed by atoms with van der Waals surface area (Å²) in [6.45, 7) is 2.45. The molecule has 7 nitrogen and oxygen atoms in total. The number of hydrogen-bond donors (Lipinski definition) is 0. The van der Waals surface area contributed by atoms with E-state index in [1.807, 2.05) is 36.4 Å². The number of likely N-dealkylation sites (N-methyl/N-ethyl adjacent to an activating group) is 1. The predicted molar refractivity (Wildman–Crippen MR) is 118 cm³/mol. The lowest BCUT2D eigenvalue weighted by Crippen LogP contribution is -2.52. The van der Waals surface area contributed by atoms with Crippen LogP contribution in [0, 0.1) is 0 Å². The minimum absolute atomic E-state index is 0.126. The van der Waals surface area contributed by atoms with Crippen LogP contribution in [0.15, 0.2) is 60.7 Å². The van der Waals surface area contributed by atoms with Gasteiger partial charge in [-0.25, -0.2) is 0 Å². The van der Waals surface area contributed by atoms with Crippen LogP contribution in [0.5, 0.6) is 0 Å². The van der Waals surface area contributed by atoms with E-state index < -0.39 is 10.2 Å². The Labute approximate surface area is 179 Å². The number of rotatable bonds is 7. The van der Waals surface area contributed by atoms with Gasteiger partial charge in [0.25, 0.3) is 10.2 Å². The van der Waals surface area contributed by atoms with Crippen molar-refractivity contribution in [2.75, 3.05) is 53.9 Å². The highest BCUT2D eigenvalue weighted by Gasteiger charge is 2.30. The fourth-order valence-electron chi connectivity index (χ4n) is 3.77. The maximum Gasteiger partial charge on any atom is 0.281 e. The molecule has 0 spiro atoms. The Hall–Kier alpha value is -2.26. The summed E-state index contributed by atoms with van der Waals surface area (Å²) in [6.07, 6.45) is 0. The molecule has 30 heavy (non-hydrogen) atoms. The van der Waals surface area contributed by atoms with Gasteiger partial charge in [0.2, 0.25) is 5.91 Å². The maximum atomic E-state index is 12.7. The molecule has 0 aromatic heterocycles. The molecule has 1 heterocycles. The molecule has 0 N–H and O–H groups in total. The Morgan fingerprint density at radius 3 is 1.77 bits per heavy atom. The van der Waals surface area contributed by atoms with Crippen molar-refractivity contribution in [1.29, 1.82) is 0 Å². The maximum absolute atomic E-state index is 12.7. The molecule has 162 valence electrons. The van der Waals surface area contributed by atoms with Crippen LogP contribution in [0.2, 0.25) is 0 Å². The molecule has 0 unspecified atom stereocenters. The van der Waals surface area contributed by atoms with Gasteiger partial charge in [-0.1, -0.05) is 60.7 Å². The average molecular weight is 431 g/mol. The molecular formula is C22H30N4O3S. The molecule has 1 aliphatic rings. The summed E-state index contributed by atoms with van der Waals surface area (Å²) < 4.78 is 26.6. The molecule has 1 amide bonds. The van der Waals surface area contributed by atoms with Crippen molar-refractivity contribution >= 4 is 16.1 Å². The standard InChI is InChI=1S/C22H30N4O3S/c1-23(2)30(28,29)24(3)18-21(27)25-14-16-26(17-15-25)22(19-10-6-4-7-11-19)20-12-8-5-9-13-20/h4-13,22H,14-18H2,1-3H3. The van der Waals surface area contributed by atoms with Gasteiger partial charge in [-0.3, -0.25) is 9.69 Å². The number of carbonyl (C=O) groups excluding carboxylic acids is 1. The first-order chi connectivity index (χ1) is 14.3. The van der Waals surface area contributed by atoms with Gasteiger partial charge in [-0.05, 0) is 11.1 Å². The second-order valence-corrected chi connectivity index (χ2v) is 9.94. The van der Waals surface area contributed by atoms with Crippen molar-refractivity contribution in [3.63, 3.8) is 0 Å². The fourth-order valence-corrected chi connectivity index (χ4v) is 4.60. The molecule has 0 aliphatic carbocycles. The minimum atomic E-state index is -3.60. The number of carbonyl (C=O) groups is 1. The average Bonchev–Trinajstić information content (AvgIpc) is 2.75. The Kier molecular flexibility index (Phi) is 7.25. The summed E-state index contributed by atoms with van der Waals surface area (Å²) in [5.74, 6) is -0.168. The van der Waals surface area contributed by atoms with Gasteiger partial charge in [0.15, 0.2) is 0 Å². The smallest absolute Gasteiger partial charge is 0.281 e. The molecule has 3 rings (SSSR count). The Bertz CT molecular complexity index is 888. The van der Waals surface area contributed by atoms with E-state index in [0.29, 0.717) is 13.1 Å². The van der Waals surface area contributed by atoms with E-state index in [-0.39, 0.29) is 18.5 Å². The molecule has 0 radical (unpaired) electrons. The van der Waals surface area contributed by atoms with E-state index in [9.17, 15) is 13.2 Å². The molecular weight excluding hydrogens is 400 g/mol. The van der Waals surface area contributed by atoms with E-state index in [2.05, 4.69) is 29.2 Å². The molecule has 1 saturated heterocycles. The third-order valence-electron chi connectivity index (χ3n) is 5.48. The van der Waals surface area contributed by atoms with E-state index in [1.165, 1.54) is 32.3 Å². The molecule has 2 aromatic rings. The molecule has 1 fully saturated rings. The van der Waals surface area contributed by atoms with Crippen LogP contribution in [0.4, 0.5) is 0 Å². The summed E-state index contributed by atoms with van der Waals surface area (Å²) in [5, 5.41) is 0. The number of amides is 1. The Morgan fingerprint density at radius 1 is 0.867 bits per heavy atom. The van der Waals surface area contributed by atoms with Crippen molar-refractivity contribution in [2.24, 2.45) is 0 Å². The van der Waals surface area contributed by atoms with Gasteiger partial charge < -0.3 is 4.90 Å². The van der Waals surface area contributed by atoms with Gasteiger partial charge in [-0.2, -0.15) is 17.0 Å². The molecule has 1 aliphatic heterocycles. The summed E-state index contributed by atoms with van der Waals surface area (Å²) in [4.78, 5) is 16.8. The molecule has 2 aromatic carbocycles. The van der Waals surface area contributed by atoms with E-state index in [4.69, 9.17) is 0 Å². The van der Waals surface area contributed by atoms with Crippen molar-refractivity contribution in [3.8, 4) is 0 Å². The third kappa shape index (κ3) is 5.07. The van der Waals surface area contributed by atoms with E-state index in [1.54, 1.807) is 4.90 Å². The first-order valence-corrected chi connectivity index (χ1v) is 11.5. The normalized spacial score (nSPS) is 15.9. The zero-order chi connectivity index (χ0) is 21.7. The fraction of sp³-hybridized carbons (Fsp3) is 0.409. The molecule has 0 bridgehead atoms. The lowest BCUT2D eigenvalue weighted by Gasteiger charge is -2.40. The number of hydrogen-bond acceptors (Lipinski definition) is 4. The molecule has 0 atom stereocenters. The van der Waals surface area contributed by atoms with Crippen LogP contribution in [0.1, 0.15) is 17.2 Å². The third-order valence-corrected chi connectivity index (χ3v) is 7.32. The van der Waals surface area contributed by atoms with Crippen molar-refractivity contribution in [3.05, 3.63) is 71.8 Å². The minimum Gasteiger partial charge on any atom is -0.339 e. The van der Waals surface area contributed by atoms with Crippen LogP contribution in [0.25, 0.3) is 0 Å². The monoisotopic (exact) mass is 430 g/mol. The van der Waals surface area contributed by atoms with Crippen molar-refractivity contribution < 1.29 is 13.2 Å². The van der Waals surface area contributed by atoms with E-state index >= 15 is 0 Å². The van der Waals surface area contributed by atoms with Crippen LogP contribution in [-0.4, -0.2) is 86.6 Å². The highest BCUT2D eigenvalue weighted by molar-refractivity contribution is 7.86.